The van der Waals surface area contributed by atoms with E-state index >= 15 is 0 Å². The average molecular weight is 401 g/mol. The van der Waals surface area contributed by atoms with E-state index in [2.05, 4.69) is 9.46 Å². The third-order valence-electron chi connectivity index (χ3n) is 2.51. The van der Waals surface area contributed by atoms with Gasteiger partial charge in [-0.2, -0.15) is 0 Å². The maximum absolute atomic E-state index is 12.2. The summed E-state index contributed by atoms with van der Waals surface area (Å²) in [5.74, 6) is -0.615. The number of carbonyl (C=O) groups is 1. The first-order valence-electron chi connectivity index (χ1n) is 5.60. The van der Waals surface area contributed by atoms with Gasteiger partial charge in [-0.3, -0.25) is 4.72 Å². The van der Waals surface area contributed by atoms with E-state index in [1.807, 2.05) is 0 Å². The van der Waals surface area contributed by atoms with E-state index < -0.39 is 16.0 Å². The lowest BCUT2D eigenvalue weighted by atomic mass is 10.2. The number of hydrogen-bond acceptors (Lipinski definition) is 5. The van der Waals surface area contributed by atoms with E-state index in [-0.39, 0.29) is 29.8 Å². The molecule has 0 aliphatic heterocycles. The van der Waals surface area contributed by atoms with Gasteiger partial charge in [-0.05, 0) is 24.3 Å². The Morgan fingerprint density at radius 1 is 1.18 bits per heavy atom. The van der Waals surface area contributed by atoms with Crippen LogP contribution in [0.2, 0.25) is 14.4 Å². The predicted molar refractivity (Wildman–Crippen MR) is 87.9 cm³/mol. The molecule has 0 aliphatic rings. The van der Waals surface area contributed by atoms with Gasteiger partial charge in [-0.1, -0.05) is 34.8 Å². The molecule has 22 heavy (non-hydrogen) atoms. The summed E-state index contributed by atoms with van der Waals surface area (Å²) in [5.41, 5.74) is 0.327. The van der Waals surface area contributed by atoms with Crippen LogP contribution >= 0.6 is 46.1 Å². The molecular formula is C12H8Cl3NO4S2. The highest BCUT2D eigenvalue weighted by molar-refractivity contribution is 7.94. The standard InChI is InChI=1S/C12H8Cl3NO4S2/c1-20-12(17)7-3-2-6(4-8(7)13)16-22(18,19)10-5-9(14)11(15)21-10/h2-5,16H,1H3. The number of benzene rings is 1. The second kappa shape index (κ2) is 6.64. The zero-order valence-corrected chi connectivity index (χ0v) is 14.8. The lowest BCUT2D eigenvalue weighted by Crippen LogP contribution is -2.12. The summed E-state index contributed by atoms with van der Waals surface area (Å²) in [6.45, 7) is 0. The van der Waals surface area contributed by atoms with Gasteiger partial charge >= 0.3 is 5.97 Å². The lowest BCUT2D eigenvalue weighted by Gasteiger charge is -2.08. The molecule has 0 saturated carbocycles. The summed E-state index contributed by atoms with van der Waals surface area (Å²) in [4.78, 5) is 11.4. The molecule has 0 bridgehead atoms. The molecule has 1 aromatic heterocycles. The van der Waals surface area contributed by atoms with Crippen LogP contribution in [0.4, 0.5) is 5.69 Å². The highest BCUT2D eigenvalue weighted by Gasteiger charge is 2.20. The number of thiophene rings is 1. The number of carbonyl (C=O) groups excluding carboxylic acids is 1. The summed E-state index contributed by atoms with van der Waals surface area (Å²) in [7, 11) is -2.62. The van der Waals surface area contributed by atoms with Gasteiger partial charge in [0.25, 0.3) is 10.0 Å². The lowest BCUT2D eigenvalue weighted by molar-refractivity contribution is 0.0601. The molecule has 0 spiro atoms. The largest absolute Gasteiger partial charge is 0.465 e. The molecule has 10 heteroatoms. The summed E-state index contributed by atoms with van der Waals surface area (Å²) >= 11 is 18.3. The topological polar surface area (TPSA) is 72.5 Å². The van der Waals surface area contributed by atoms with E-state index in [0.29, 0.717) is 0 Å². The van der Waals surface area contributed by atoms with Crippen molar-refractivity contribution in [2.45, 2.75) is 4.21 Å². The fourth-order valence-corrected chi connectivity index (χ4v) is 4.71. The van der Waals surface area contributed by atoms with E-state index in [9.17, 15) is 13.2 Å². The highest BCUT2D eigenvalue weighted by atomic mass is 35.5. The third-order valence-corrected chi connectivity index (χ3v) is 6.55. The SMILES string of the molecule is COC(=O)c1ccc(NS(=O)(=O)c2cc(Cl)c(Cl)s2)cc1Cl. The van der Waals surface area contributed by atoms with Crippen molar-refractivity contribution in [3.8, 4) is 0 Å². The number of esters is 1. The molecule has 2 aromatic rings. The number of ether oxygens (including phenoxy) is 1. The molecule has 1 aromatic carbocycles. The summed E-state index contributed by atoms with van der Waals surface area (Å²) < 4.78 is 31.4. The van der Waals surface area contributed by atoms with Crippen molar-refractivity contribution in [1.29, 1.82) is 0 Å². The van der Waals surface area contributed by atoms with Gasteiger partial charge in [0, 0.05) is 0 Å². The summed E-state index contributed by atoms with van der Waals surface area (Å²) in [5, 5.41) is 0.223. The van der Waals surface area contributed by atoms with Crippen molar-refractivity contribution in [2.24, 2.45) is 0 Å². The minimum Gasteiger partial charge on any atom is -0.465 e. The Morgan fingerprint density at radius 2 is 1.86 bits per heavy atom. The number of methoxy groups -OCH3 is 1. The zero-order chi connectivity index (χ0) is 16.5. The highest BCUT2D eigenvalue weighted by Crippen LogP contribution is 2.35. The van der Waals surface area contributed by atoms with Crippen LogP contribution in [0.3, 0.4) is 0 Å². The molecule has 0 fully saturated rings. The summed E-state index contributed by atoms with van der Waals surface area (Å²) in [6, 6.07) is 5.32. The van der Waals surface area contributed by atoms with E-state index in [4.69, 9.17) is 34.8 Å². The van der Waals surface area contributed by atoms with Crippen LogP contribution in [0.1, 0.15) is 10.4 Å². The van der Waals surface area contributed by atoms with Crippen molar-refractivity contribution in [1.82, 2.24) is 0 Å². The van der Waals surface area contributed by atoms with Crippen LogP contribution in [0.5, 0.6) is 0 Å². The molecule has 118 valence electrons. The molecular weight excluding hydrogens is 393 g/mol. The van der Waals surface area contributed by atoms with E-state index in [1.165, 1.54) is 31.4 Å². The van der Waals surface area contributed by atoms with Gasteiger partial charge < -0.3 is 4.74 Å². The van der Waals surface area contributed by atoms with Crippen LogP contribution in [-0.4, -0.2) is 21.5 Å². The Balaban J connectivity index is 2.30. The predicted octanol–water partition coefficient (Wildman–Crippen LogP) is 4.30. The monoisotopic (exact) mass is 399 g/mol. The Labute approximate surface area is 145 Å². The second-order valence-electron chi connectivity index (χ2n) is 3.98. The molecule has 0 radical (unpaired) electrons. The Hall–Kier alpha value is -0.990. The first kappa shape index (κ1) is 17.4. The molecule has 5 nitrogen and oxygen atoms in total. The minimum absolute atomic E-state index is 0.0318. The molecule has 0 unspecified atom stereocenters. The van der Waals surface area contributed by atoms with Crippen molar-refractivity contribution >= 4 is 67.8 Å². The number of rotatable bonds is 4. The molecule has 0 atom stereocenters. The number of nitrogens with one attached hydrogen (secondary N) is 1. The molecule has 2 rings (SSSR count). The van der Waals surface area contributed by atoms with Crippen molar-refractivity contribution in [3.05, 3.63) is 44.2 Å². The van der Waals surface area contributed by atoms with Crippen LogP contribution in [0, 0.1) is 0 Å². The number of hydrogen-bond donors (Lipinski definition) is 1. The number of anilines is 1. The fraction of sp³-hybridized carbons (Fsp3) is 0.0833. The Kier molecular flexibility index (Phi) is 5.24. The van der Waals surface area contributed by atoms with Gasteiger partial charge in [0.05, 0.1) is 28.4 Å². The zero-order valence-electron chi connectivity index (χ0n) is 10.9. The van der Waals surface area contributed by atoms with Gasteiger partial charge in [-0.25, -0.2) is 13.2 Å². The van der Waals surface area contributed by atoms with Gasteiger partial charge in [-0.15, -0.1) is 11.3 Å². The summed E-state index contributed by atoms with van der Waals surface area (Å²) in [6.07, 6.45) is 0. The maximum atomic E-state index is 12.2. The number of sulfonamides is 1. The van der Waals surface area contributed by atoms with Crippen molar-refractivity contribution in [3.63, 3.8) is 0 Å². The molecule has 1 N–H and O–H groups in total. The van der Waals surface area contributed by atoms with E-state index in [0.717, 1.165) is 11.3 Å². The van der Waals surface area contributed by atoms with Gasteiger partial charge in [0.15, 0.2) is 0 Å². The first-order valence-corrected chi connectivity index (χ1v) is 9.03. The van der Waals surface area contributed by atoms with Crippen molar-refractivity contribution < 1.29 is 17.9 Å². The number of halogens is 3. The maximum Gasteiger partial charge on any atom is 0.339 e. The van der Waals surface area contributed by atoms with Crippen LogP contribution in [0.15, 0.2) is 28.5 Å². The van der Waals surface area contributed by atoms with Crippen molar-refractivity contribution in [2.75, 3.05) is 11.8 Å². The van der Waals surface area contributed by atoms with E-state index in [1.54, 1.807) is 0 Å². The second-order valence-corrected chi connectivity index (χ2v) is 8.36. The molecule has 0 amide bonds. The van der Waals surface area contributed by atoms with Gasteiger partial charge in [0.2, 0.25) is 0 Å². The molecule has 0 aliphatic carbocycles. The Bertz CT molecular complexity index is 813. The van der Waals surface area contributed by atoms with Crippen LogP contribution < -0.4 is 4.72 Å². The smallest absolute Gasteiger partial charge is 0.339 e. The normalized spacial score (nSPS) is 11.3. The van der Waals surface area contributed by atoms with Crippen LogP contribution in [0.25, 0.3) is 0 Å². The first-order chi connectivity index (χ1) is 10.2. The minimum atomic E-state index is -3.85. The third kappa shape index (κ3) is 3.67. The van der Waals surface area contributed by atoms with Crippen LogP contribution in [-0.2, 0) is 14.8 Å². The van der Waals surface area contributed by atoms with Gasteiger partial charge in [0.1, 0.15) is 8.55 Å². The fourth-order valence-electron chi connectivity index (χ4n) is 1.52. The Morgan fingerprint density at radius 3 is 2.36 bits per heavy atom. The molecule has 0 saturated heterocycles. The average Bonchev–Trinajstić information content (AvgIpc) is 2.78. The quantitative estimate of drug-likeness (QED) is 0.777. The molecule has 1 heterocycles.